The molecule has 2 heterocycles. The first kappa shape index (κ1) is 29.3. The molecule has 0 saturated carbocycles. The van der Waals surface area contributed by atoms with Crippen molar-refractivity contribution in [3.63, 3.8) is 0 Å². The van der Waals surface area contributed by atoms with Crippen molar-refractivity contribution in [2.75, 3.05) is 39.9 Å². The fraction of sp³-hybridized carbons (Fsp3) is 0.567. The second-order valence-electron chi connectivity index (χ2n) is 9.33. The Morgan fingerprint density at radius 1 is 1.28 bits per heavy atom. The number of nitrogens with zero attached hydrogens (tertiary/aromatic N) is 2. The van der Waals surface area contributed by atoms with Crippen LogP contribution in [0.3, 0.4) is 0 Å². The summed E-state index contributed by atoms with van der Waals surface area (Å²) in [6, 6.07) is 7.25. The van der Waals surface area contributed by atoms with Gasteiger partial charge in [-0.25, -0.2) is 0 Å². The number of amides is 1. The number of rotatable bonds is 8. The molecule has 3 rings (SSSR count). The van der Waals surface area contributed by atoms with Crippen LogP contribution in [-0.2, 0) is 9.53 Å². The molecular weight excluding hydrogens is 452 g/mol. The minimum absolute atomic E-state index is 0.181. The van der Waals surface area contributed by atoms with E-state index in [2.05, 4.69) is 37.5 Å². The monoisotopic (exact) mass is 496 g/mol. The Kier molecular flexibility index (Phi) is 13.0. The first-order valence-electron chi connectivity index (χ1n) is 13.3. The number of carbonyl (C=O) groups excluding carboxylic acids is 1. The van der Waals surface area contributed by atoms with Gasteiger partial charge in [0.05, 0.1) is 20.3 Å². The first-order valence-corrected chi connectivity index (χ1v) is 13.3. The number of phenolic OH excluding ortho intramolecular Hbond substituents is 1. The number of allylic oxidation sites excluding steroid dienone is 3. The zero-order valence-corrected chi connectivity index (χ0v) is 22.8. The van der Waals surface area contributed by atoms with Crippen LogP contribution >= 0.6 is 0 Å². The van der Waals surface area contributed by atoms with E-state index >= 15 is 0 Å². The molecular formula is C30H44N2O4. The number of unbranched alkanes of at least 4 members (excludes halogenated alkanes) is 1. The van der Waals surface area contributed by atoms with E-state index in [-0.39, 0.29) is 11.7 Å². The second kappa shape index (κ2) is 16.0. The summed E-state index contributed by atoms with van der Waals surface area (Å²) in [4.78, 5) is 17.1. The minimum Gasteiger partial charge on any atom is -0.504 e. The van der Waals surface area contributed by atoms with E-state index in [1.54, 1.807) is 24.3 Å². The third-order valence-electron chi connectivity index (χ3n) is 6.50. The molecule has 2 saturated heterocycles. The SMILES string of the molecule is C/C=C1/OCC/C1=C/C#C[C@@H]1C[C@H](C)N(CC(=O)N(CCC)CCCC)C1.COc1ccccc1O. The van der Waals surface area contributed by atoms with Crippen LogP contribution in [0.5, 0.6) is 11.5 Å². The highest BCUT2D eigenvalue weighted by Crippen LogP contribution is 2.25. The molecule has 0 unspecified atom stereocenters. The maximum Gasteiger partial charge on any atom is 0.236 e. The van der Waals surface area contributed by atoms with Crippen molar-refractivity contribution >= 4 is 5.91 Å². The average Bonchev–Trinajstić information content (AvgIpc) is 3.48. The number of ether oxygens (including phenoxy) is 2. The van der Waals surface area contributed by atoms with Crippen LogP contribution in [0.25, 0.3) is 0 Å². The summed E-state index contributed by atoms with van der Waals surface area (Å²) in [5.41, 5.74) is 1.20. The summed E-state index contributed by atoms with van der Waals surface area (Å²) in [5.74, 6) is 8.92. The van der Waals surface area contributed by atoms with Gasteiger partial charge >= 0.3 is 0 Å². The van der Waals surface area contributed by atoms with Crippen LogP contribution in [0.1, 0.15) is 59.8 Å². The van der Waals surface area contributed by atoms with Gasteiger partial charge in [0.1, 0.15) is 5.76 Å². The lowest BCUT2D eigenvalue weighted by Crippen LogP contribution is -2.42. The van der Waals surface area contributed by atoms with Crippen LogP contribution in [0, 0.1) is 17.8 Å². The Bertz CT molecular complexity index is 944. The van der Waals surface area contributed by atoms with Gasteiger partial charge in [-0.15, -0.1) is 0 Å². The van der Waals surface area contributed by atoms with Crippen molar-refractivity contribution in [2.24, 2.45) is 5.92 Å². The molecule has 6 heteroatoms. The van der Waals surface area contributed by atoms with E-state index in [1.165, 1.54) is 12.7 Å². The normalized spacial score (nSPS) is 21.4. The van der Waals surface area contributed by atoms with Crippen molar-refractivity contribution in [3.8, 4) is 23.3 Å². The van der Waals surface area contributed by atoms with Crippen molar-refractivity contribution in [3.05, 3.63) is 47.7 Å². The lowest BCUT2D eigenvalue weighted by atomic mass is 10.1. The summed E-state index contributed by atoms with van der Waals surface area (Å²) in [7, 11) is 1.52. The lowest BCUT2D eigenvalue weighted by Gasteiger charge is -2.27. The quantitative estimate of drug-likeness (QED) is 0.489. The molecule has 1 amide bonds. The second-order valence-corrected chi connectivity index (χ2v) is 9.33. The average molecular weight is 497 g/mol. The van der Waals surface area contributed by atoms with E-state index in [1.807, 2.05) is 24.0 Å². The Morgan fingerprint density at radius 2 is 2.06 bits per heavy atom. The molecule has 0 aromatic heterocycles. The fourth-order valence-electron chi connectivity index (χ4n) is 4.45. The number of benzene rings is 1. The molecule has 2 fully saturated rings. The molecule has 1 N–H and O–H groups in total. The molecule has 1 aromatic rings. The van der Waals surface area contributed by atoms with Crippen molar-refractivity contribution in [2.45, 2.75) is 65.8 Å². The number of para-hydroxylation sites is 2. The van der Waals surface area contributed by atoms with Crippen molar-refractivity contribution in [1.29, 1.82) is 0 Å². The van der Waals surface area contributed by atoms with Gasteiger partial charge in [0, 0.05) is 43.6 Å². The molecule has 1 aromatic carbocycles. The van der Waals surface area contributed by atoms with Gasteiger partial charge in [0.2, 0.25) is 5.91 Å². The van der Waals surface area contributed by atoms with Crippen LogP contribution in [-0.4, -0.2) is 66.8 Å². The summed E-state index contributed by atoms with van der Waals surface area (Å²) >= 11 is 0. The van der Waals surface area contributed by atoms with Gasteiger partial charge in [-0.1, -0.05) is 44.2 Å². The maximum absolute atomic E-state index is 12.7. The van der Waals surface area contributed by atoms with Crippen molar-refractivity contribution in [1.82, 2.24) is 9.80 Å². The summed E-state index contributed by atoms with van der Waals surface area (Å²) in [5, 5.41) is 8.99. The Balaban J connectivity index is 0.000000425. The van der Waals surface area contributed by atoms with Crippen LogP contribution in [0.4, 0.5) is 0 Å². The summed E-state index contributed by atoms with van der Waals surface area (Å²) in [6.07, 6.45) is 9.23. The van der Waals surface area contributed by atoms with E-state index in [4.69, 9.17) is 14.6 Å². The molecule has 0 radical (unpaired) electrons. The topological polar surface area (TPSA) is 62.2 Å². The Morgan fingerprint density at radius 3 is 2.69 bits per heavy atom. The van der Waals surface area contributed by atoms with Gasteiger partial charge in [-0.3, -0.25) is 9.69 Å². The molecule has 2 atom stereocenters. The van der Waals surface area contributed by atoms with E-state index in [9.17, 15) is 4.79 Å². The van der Waals surface area contributed by atoms with Gasteiger partial charge < -0.3 is 19.5 Å². The highest BCUT2D eigenvalue weighted by Gasteiger charge is 2.30. The maximum atomic E-state index is 12.7. The number of likely N-dealkylation sites (tertiary alicyclic amines) is 1. The van der Waals surface area contributed by atoms with Gasteiger partial charge in [0.25, 0.3) is 0 Å². The van der Waals surface area contributed by atoms with Crippen LogP contribution in [0.2, 0.25) is 0 Å². The fourth-order valence-corrected chi connectivity index (χ4v) is 4.45. The molecule has 2 aliphatic rings. The minimum atomic E-state index is 0.181. The Labute approximate surface area is 218 Å². The van der Waals surface area contributed by atoms with Gasteiger partial charge in [-0.05, 0) is 57.4 Å². The highest BCUT2D eigenvalue weighted by atomic mass is 16.5. The van der Waals surface area contributed by atoms with Gasteiger partial charge in [-0.2, -0.15) is 0 Å². The van der Waals surface area contributed by atoms with E-state index < -0.39 is 0 Å². The molecule has 0 bridgehead atoms. The third-order valence-corrected chi connectivity index (χ3v) is 6.50. The van der Waals surface area contributed by atoms with Crippen molar-refractivity contribution < 1.29 is 19.4 Å². The smallest absolute Gasteiger partial charge is 0.236 e. The summed E-state index contributed by atoms with van der Waals surface area (Å²) < 4.78 is 10.4. The Hall–Kier alpha value is -2.91. The predicted molar refractivity (Wildman–Crippen MR) is 146 cm³/mol. The molecule has 0 aliphatic carbocycles. The molecule has 2 aliphatic heterocycles. The van der Waals surface area contributed by atoms with E-state index in [0.717, 1.165) is 64.1 Å². The number of hydrogen-bond donors (Lipinski definition) is 1. The highest BCUT2D eigenvalue weighted by molar-refractivity contribution is 5.78. The zero-order valence-electron chi connectivity index (χ0n) is 22.8. The standard InChI is InChI=1S/C23H36N2O2.C7H8O2/c1-5-8-14-24(13-6-2)23(26)18-25-17-20(16-19(25)4)10-9-11-21-12-15-27-22(21)7-3;1-9-7-5-3-2-4-6(7)8/h7,11,19-20H,5-6,8,12-18H2,1-4H3;2-5,8H,1H3/b21-11-,22-7+;/t19-,20+;/m0./s1. The van der Waals surface area contributed by atoms with Crippen LogP contribution in [0.15, 0.2) is 47.7 Å². The van der Waals surface area contributed by atoms with Crippen LogP contribution < -0.4 is 4.74 Å². The largest absolute Gasteiger partial charge is 0.504 e. The lowest BCUT2D eigenvalue weighted by molar-refractivity contribution is -0.132. The third kappa shape index (κ3) is 9.28. The zero-order chi connectivity index (χ0) is 26.3. The number of carbonyl (C=O) groups is 1. The number of aromatic hydroxyl groups is 1. The predicted octanol–water partition coefficient (Wildman–Crippen LogP) is 5.39. The summed E-state index contributed by atoms with van der Waals surface area (Å²) in [6.45, 7) is 12.5. The van der Waals surface area contributed by atoms with Gasteiger partial charge in [0.15, 0.2) is 11.5 Å². The molecule has 6 nitrogen and oxygen atoms in total. The molecule has 198 valence electrons. The van der Waals surface area contributed by atoms with E-state index in [0.29, 0.717) is 24.3 Å². The molecule has 0 spiro atoms. The molecule has 36 heavy (non-hydrogen) atoms. The number of phenols is 1. The number of hydrogen-bond acceptors (Lipinski definition) is 5. The number of methoxy groups -OCH3 is 1. The first-order chi connectivity index (χ1) is 17.4.